The molecule has 7 heteroatoms. The van der Waals surface area contributed by atoms with Gasteiger partial charge in [-0.3, -0.25) is 4.72 Å². The maximum absolute atomic E-state index is 11.5. The predicted octanol–water partition coefficient (Wildman–Crippen LogP) is 3.80. The Bertz CT molecular complexity index is 854. The van der Waals surface area contributed by atoms with Crippen molar-refractivity contribution >= 4 is 48.1 Å². The second kappa shape index (κ2) is 5.94. The molecule has 2 aromatic carbocycles. The largest absolute Gasteiger partial charge is 0.332 e. The fraction of sp³-hybridized carbons (Fsp3) is 0.133. The molecule has 0 unspecified atom stereocenters. The van der Waals surface area contributed by atoms with Crippen LogP contribution in [0.5, 0.6) is 0 Å². The Balaban J connectivity index is 1.75. The van der Waals surface area contributed by atoms with Gasteiger partial charge in [-0.1, -0.05) is 23.5 Å². The molecule has 0 atom stereocenters. The number of thiazole rings is 1. The lowest BCUT2D eigenvalue weighted by molar-refractivity contribution is 0.602. The second-order valence-corrected chi connectivity index (χ2v) is 7.74. The van der Waals surface area contributed by atoms with E-state index < -0.39 is 10.0 Å². The second-order valence-electron chi connectivity index (χ2n) is 4.69. The van der Waals surface area contributed by atoms with Crippen molar-refractivity contribution in [2.45, 2.75) is 6.92 Å². The molecule has 3 rings (SSSR count). The van der Waals surface area contributed by atoms with Crippen molar-refractivity contribution in [1.82, 2.24) is 4.98 Å². The minimum Gasteiger partial charge on any atom is -0.332 e. The van der Waals surface area contributed by atoms with Crippen molar-refractivity contribution in [3.05, 3.63) is 48.5 Å². The molecule has 3 aromatic rings. The number of para-hydroxylation sites is 1. The first-order valence-corrected chi connectivity index (χ1v) is 9.26. The van der Waals surface area contributed by atoms with Crippen molar-refractivity contribution in [3.63, 3.8) is 0 Å². The molecule has 0 aliphatic carbocycles. The molecule has 0 radical (unpaired) electrons. The van der Waals surface area contributed by atoms with Crippen molar-refractivity contribution in [2.24, 2.45) is 0 Å². The molecule has 0 fully saturated rings. The molecule has 0 aliphatic heterocycles. The van der Waals surface area contributed by atoms with Gasteiger partial charge in [0.1, 0.15) is 0 Å². The highest BCUT2D eigenvalue weighted by Gasteiger charge is 2.07. The Kier molecular flexibility index (Phi) is 4.00. The van der Waals surface area contributed by atoms with E-state index in [0.717, 1.165) is 21.0 Å². The van der Waals surface area contributed by atoms with E-state index in [1.54, 1.807) is 30.4 Å². The molecule has 22 heavy (non-hydrogen) atoms. The van der Waals surface area contributed by atoms with Gasteiger partial charge < -0.3 is 5.32 Å². The van der Waals surface area contributed by atoms with E-state index in [9.17, 15) is 8.42 Å². The molecule has 114 valence electrons. The lowest BCUT2D eigenvalue weighted by Gasteiger charge is -2.07. The smallest absolute Gasteiger partial charge is 0.232 e. The van der Waals surface area contributed by atoms with Gasteiger partial charge in [-0.15, -0.1) is 0 Å². The highest BCUT2D eigenvalue weighted by molar-refractivity contribution is 7.92. The molecule has 0 saturated heterocycles. The van der Waals surface area contributed by atoms with Crippen LogP contribution in [-0.4, -0.2) is 19.2 Å². The monoisotopic (exact) mass is 333 g/mol. The molecule has 2 N–H and O–H groups in total. The zero-order valence-electron chi connectivity index (χ0n) is 11.9. The number of sulfonamides is 1. The Morgan fingerprint density at radius 1 is 1.05 bits per heavy atom. The van der Waals surface area contributed by atoms with Crippen molar-refractivity contribution in [3.8, 4) is 0 Å². The number of nitrogens with one attached hydrogen (secondary N) is 2. The first-order valence-electron chi connectivity index (χ1n) is 6.79. The molecule has 1 aromatic heterocycles. The fourth-order valence-corrected chi connectivity index (χ4v) is 3.45. The summed E-state index contributed by atoms with van der Waals surface area (Å²) in [5, 5.41) is 4.04. The number of benzene rings is 2. The Labute approximate surface area is 133 Å². The van der Waals surface area contributed by atoms with Crippen LogP contribution in [0.2, 0.25) is 0 Å². The van der Waals surface area contributed by atoms with Crippen LogP contribution in [0.25, 0.3) is 10.2 Å². The molecule has 5 nitrogen and oxygen atoms in total. The van der Waals surface area contributed by atoms with Crippen LogP contribution in [0.4, 0.5) is 16.5 Å². The summed E-state index contributed by atoms with van der Waals surface area (Å²) >= 11 is 1.58. The molecule has 0 aliphatic rings. The van der Waals surface area contributed by atoms with Crippen LogP contribution in [0.15, 0.2) is 48.5 Å². The van der Waals surface area contributed by atoms with Gasteiger partial charge >= 0.3 is 0 Å². The molecule has 0 spiro atoms. The lowest BCUT2D eigenvalue weighted by Crippen LogP contribution is -2.14. The quantitative estimate of drug-likeness (QED) is 0.745. The minimum absolute atomic E-state index is 0.0543. The van der Waals surface area contributed by atoms with E-state index in [1.807, 2.05) is 36.4 Å². The Hall–Kier alpha value is -2.12. The number of aromatic nitrogens is 1. The number of nitrogens with zero attached hydrogens (tertiary/aromatic N) is 1. The summed E-state index contributed by atoms with van der Waals surface area (Å²) in [4.78, 5) is 4.50. The van der Waals surface area contributed by atoms with Gasteiger partial charge in [0.25, 0.3) is 0 Å². The van der Waals surface area contributed by atoms with E-state index >= 15 is 0 Å². The van der Waals surface area contributed by atoms with Crippen LogP contribution < -0.4 is 10.0 Å². The molecule has 0 bridgehead atoms. The third-order valence-corrected chi connectivity index (χ3v) is 5.34. The Morgan fingerprint density at radius 2 is 1.73 bits per heavy atom. The van der Waals surface area contributed by atoms with Gasteiger partial charge in [0.05, 0.1) is 16.0 Å². The number of anilines is 3. The molecule has 0 saturated carbocycles. The molecular weight excluding hydrogens is 318 g/mol. The van der Waals surface area contributed by atoms with E-state index in [2.05, 4.69) is 15.0 Å². The maximum Gasteiger partial charge on any atom is 0.232 e. The first kappa shape index (κ1) is 14.8. The van der Waals surface area contributed by atoms with Gasteiger partial charge in [-0.2, -0.15) is 0 Å². The van der Waals surface area contributed by atoms with E-state index in [4.69, 9.17) is 0 Å². The summed E-state index contributed by atoms with van der Waals surface area (Å²) in [7, 11) is -3.24. The van der Waals surface area contributed by atoms with Crippen molar-refractivity contribution in [1.29, 1.82) is 0 Å². The molecular formula is C15H15N3O2S2. The van der Waals surface area contributed by atoms with Crippen LogP contribution in [0, 0.1) is 0 Å². The average Bonchev–Trinajstić information content (AvgIpc) is 2.91. The van der Waals surface area contributed by atoms with Crippen LogP contribution in [0.1, 0.15) is 6.92 Å². The van der Waals surface area contributed by atoms with Crippen molar-refractivity contribution < 1.29 is 8.42 Å². The van der Waals surface area contributed by atoms with Crippen LogP contribution in [0.3, 0.4) is 0 Å². The summed E-state index contributed by atoms with van der Waals surface area (Å²) in [6.07, 6.45) is 0. The van der Waals surface area contributed by atoms with Gasteiger partial charge in [-0.25, -0.2) is 13.4 Å². The number of hydrogen-bond donors (Lipinski definition) is 2. The van der Waals surface area contributed by atoms with Crippen LogP contribution in [-0.2, 0) is 10.0 Å². The standard InChI is InChI=1S/C15H15N3O2S2/c1-2-22(19,20)18-12-9-7-11(8-10-12)16-15-17-13-5-3-4-6-14(13)21-15/h3-10,18H,2H2,1H3,(H,16,17). The highest BCUT2D eigenvalue weighted by atomic mass is 32.2. The summed E-state index contributed by atoms with van der Waals surface area (Å²) in [6, 6.07) is 15.0. The van der Waals surface area contributed by atoms with Gasteiger partial charge in [-0.05, 0) is 43.3 Å². The van der Waals surface area contributed by atoms with Gasteiger partial charge in [0.2, 0.25) is 10.0 Å². The zero-order valence-corrected chi connectivity index (χ0v) is 13.5. The van der Waals surface area contributed by atoms with Crippen molar-refractivity contribution in [2.75, 3.05) is 15.8 Å². The number of hydrogen-bond acceptors (Lipinski definition) is 5. The molecule has 1 heterocycles. The number of rotatable bonds is 5. The van der Waals surface area contributed by atoms with Gasteiger partial charge in [0.15, 0.2) is 5.13 Å². The van der Waals surface area contributed by atoms with Crippen LogP contribution >= 0.6 is 11.3 Å². The third-order valence-electron chi connectivity index (χ3n) is 3.08. The summed E-state index contributed by atoms with van der Waals surface area (Å²) < 4.78 is 26.7. The maximum atomic E-state index is 11.5. The highest BCUT2D eigenvalue weighted by Crippen LogP contribution is 2.28. The van der Waals surface area contributed by atoms with Gasteiger partial charge in [0, 0.05) is 11.4 Å². The van der Waals surface area contributed by atoms with E-state index in [1.165, 1.54) is 0 Å². The minimum atomic E-state index is -3.24. The van der Waals surface area contributed by atoms with E-state index in [-0.39, 0.29) is 5.75 Å². The van der Waals surface area contributed by atoms with E-state index in [0.29, 0.717) is 5.69 Å². The zero-order chi connectivity index (χ0) is 15.6. The average molecular weight is 333 g/mol. The third kappa shape index (κ3) is 3.37. The summed E-state index contributed by atoms with van der Waals surface area (Å²) in [5.74, 6) is 0.0543. The summed E-state index contributed by atoms with van der Waals surface area (Å²) in [6.45, 7) is 1.60. The fourth-order valence-electron chi connectivity index (χ4n) is 1.92. The molecule has 0 amide bonds. The number of fused-ring (bicyclic) bond motifs is 1. The summed E-state index contributed by atoms with van der Waals surface area (Å²) in [5.41, 5.74) is 2.37. The predicted molar refractivity (Wildman–Crippen MR) is 92.4 cm³/mol. The lowest BCUT2D eigenvalue weighted by atomic mass is 10.3. The normalized spacial score (nSPS) is 11.5. The SMILES string of the molecule is CCS(=O)(=O)Nc1ccc(Nc2nc3ccccc3s2)cc1. The topological polar surface area (TPSA) is 71.1 Å². The first-order chi connectivity index (χ1) is 10.6. The Morgan fingerprint density at radius 3 is 2.41 bits per heavy atom.